The van der Waals surface area contributed by atoms with Crippen LogP contribution in [0.3, 0.4) is 0 Å². The summed E-state index contributed by atoms with van der Waals surface area (Å²) >= 11 is 0. The van der Waals surface area contributed by atoms with E-state index in [4.69, 9.17) is 14.2 Å². The lowest BCUT2D eigenvalue weighted by atomic mass is 9.85. The number of allylic oxidation sites excluding steroid dienone is 1. The summed E-state index contributed by atoms with van der Waals surface area (Å²) in [7, 11) is 0. The molecule has 30 heavy (non-hydrogen) atoms. The fourth-order valence-electron chi connectivity index (χ4n) is 4.58. The molecule has 2 aliphatic rings. The molecule has 1 aliphatic heterocycles. The maximum Gasteiger partial charge on any atom is 0.231 e. The predicted molar refractivity (Wildman–Crippen MR) is 123 cm³/mol. The summed E-state index contributed by atoms with van der Waals surface area (Å²) in [5, 5.41) is 0. The van der Waals surface area contributed by atoms with Gasteiger partial charge in [0, 0.05) is 0 Å². The molecule has 0 radical (unpaired) electrons. The molecule has 0 fully saturated rings. The second-order valence-electron chi connectivity index (χ2n) is 8.39. The Hall–Kier alpha value is -2.42. The summed E-state index contributed by atoms with van der Waals surface area (Å²) in [5.74, 6) is 2.79. The lowest BCUT2D eigenvalue weighted by molar-refractivity contribution is 0.174. The summed E-state index contributed by atoms with van der Waals surface area (Å²) in [6, 6.07) is 10.7. The molecule has 0 amide bonds. The summed E-state index contributed by atoms with van der Waals surface area (Å²) in [6.07, 6.45) is 15.5. The molecule has 1 aliphatic carbocycles. The van der Waals surface area contributed by atoms with E-state index in [2.05, 4.69) is 30.8 Å². The molecule has 0 spiro atoms. The van der Waals surface area contributed by atoms with E-state index in [1.54, 1.807) is 0 Å². The second-order valence-corrected chi connectivity index (χ2v) is 8.39. The van der Waals surface area contributed by atoms with Crippen molar-refractivity contribution in [3.63, 3.8) is 0 Å². The van der Waals surface area contributed by atoms with Gasteiger partial charge in [-0.15, -0.1) is 6.58 Å². The number of ether oxygens (including phenoxy) is 3. The Morgan fingerprint density at radius 1 is 0.833 bits per heavy atom. The molecule has 0 bridgehead atoms. The van der Waals surface area contributed by atoms with E-state index in [-0.39, 0.29) is 0 Å². The quantitative estimate of drug-likeness (QED) is 0.290. The predicted octanol–water partition coefficient (Wildman–Crippen LogP) is 7.26. The minimum Gasteiger partial charge on any atom is -0.493 e. The van der Waals surface area contributed by atoms with Gasteiger partial charge in [0.05, 0.1) is 6.61 Å². The number of benzene rings is 2. The van der Waals surface area contributed by atoms with Crippen LogP contribution in [0.1, 0.15) is 68.9 Å². The van der Waals surface area contributed by atoms with Crippen LogP contribution in [0, 0.1) is 0 Å². The zero-order chi connectivity index (χ0) is 20.6. The molecule has 0 N–H and O–H groups in total. The van der Waals surface area contributed by atoms with Crippen molar-refractivity contribution >= 4 is 0 Å². The summed E-state index contributed by atoms with van der Waals surface area (Å²) < 4.78 is 17.3. The average Bonchev–Trinajstić information content (AvgIpc) is 3.26. The van der Waals surface area contributed by atoms with E-state index < -0.39 is 0 Å². The molecular weight excluding hydrogens is 372 g/mol. The third-order valence-electron chi connectivity index (χ3n) is 6.24. The highest BCUT2D eigenvalue weighted by molar-refractivity contribution is 5.73. The minimum atomic E-state index is 0.318. The molecule has 3 heteroatoms. The number of rotatable bonds is 11. The van der Waals surface area contributed by atoms with Gasteiger partial charge in [-0.3, -0.25) is 0 Å². The standard InChI is InChI=1S/C27H34O3/c1-2-3-4-5-6-7-8-11-18-28-25-17-15-22(23-12-9-10-13-24(23)25)21-14-16-26-27(19-21)30-20-29-26/h2,14-17,19H,1,3-13,18,20H2. The highest BCUT2D eigenvalue weighted by Gasteiger charge is 2.21. The Morgan fingerprint density at radius 3 is 2.47 bits per heavy atom. The fourth-order valence-corrected chi connectivity index (χ4v) is 4.58. The van der Waals surface area contributed by atoms with Crippen molar-refractivity contribution in [3.05, 3.63) is 54.1 Å². The van der Waals surface area contributed by atoms with Gasteiger partial charge in [0.15, 0.2) is 11.5 Å². The van der Waals surface area contributed by atoms with Crippen LogP contribution in [0.15, 0.2) is 43.0 Å². The lowest BCUT2D eigenvalue weighted by Gasteiger charge is -2.23. The molecule has 0 aromatic heterocycles. The molecule has 2 aromatic carbocycles. The topological polar surface area (TPSA) is 27.7 Å². The first-order valence-corrected chi connectivity index (χ1v) is 11.7. The Bertz CT molecular complexity index is 855. The van der Waals surface area contributed by atoms with Gasteiger partial charge in [-0.1, -0.05) is 43.9 Å². The van der Waals surface area contributed by atoms with Crippen molar-refractivity contribution in [1.29, 1.82) is 0 Å². The Morgan fingerprint density at radius 2 is 1.60 bits per heavy atom. The van der Waals surface area contributed by atoms with Gasteiger partial charge in [0.25, 0.3) is 0 Å². The Balaban J connectivity index is 1.37. The normalized spacial score (nSPS) is 14.4. The Kier molecular flexibility index (Phi) is 7.34. The smallest absolute Gasteiger partial charge is 0.231 e. The van der Waals surface area contributed by atoms with Gasteiger partial charge in [0.2, 0.25) is 6.79 Å². The first-order chi connectivity index (χ1) is 14.9. The van der Waals surface area contributed by atoms with Gasteiger partial charge in [0.1, 0.15) is 5.75 Å². The van der Waals surface area contributed by atoms with Crippen LogP contribution in [0.25, 0.3) is 11.1 Å². The average molecular weight is 407 g/mol. The molecule has 3 nitrogen and oxygen atoms in total. The van der Waals surface area contributed by atoms with Crippen molar-refractivity contribution in [2.75, 3.05) is 13.4 Å². The molecule has 0 saturated heterocycles. The Labute approximate surface area is 181 Å². The van der Waals surface area contributed by atoms with Crippen LogP contribution >= 0.6 is 0 Å². The summed E-state index contributed by atoms with van der Waals surface area (Å²) in [5.41, 5.74) is 5.40. The van der Waals surface area contributed by atoms with Gasteiger partial charge >= 0.3 is 0 Å². The molecular formula is C27H34O3. The number of hydrogen-bond acceptors (Lipinski definition) is 3. The maximum absolute atomic E-state index is 6.26. The number of unbranched alkanes of at least 4 members (excludes halogenated alkanes) is 6. The van der Waals surface area contributed by atoms with E-state index in [9.17, 15) is 0 Å². The van der Waals surface area contributed by atoms with Crippen LogP contribution in [0.5, 0.6) is 17.2 Å². The number of fused-ring (bicyclic) bond motifs is 2. The summed E-state index contributed by atoms with van der Waals surface area (Å²) in [4.78, 5) is 0. The van der Waals surface area contributed by atoms with Gasteiger partial charge in [-0.2, -0.15) is 0 Å². The molecule has 0 atom stereocenters. The lowest BCUT2D eigenvalue weighted by Crippen LogP contribution is -2.09. The zero-order valence-corrected chi connectivity index (χ0v) is 18.1. The van der Waals surface area contributed by atoms with Crippen LogP contribution in [0.2, 0.25) is 0 Å². The summed E-state index contributed by atoms with van der Waals surface area (Å²) in [6.45, 7) is 4.93. The van der Waals surface area contributed by atoms with Crippen molar-refractivity contribution in [2.24, 2.45) is 0 Å². The van der Waals surface area contributed by atoms with E-state index in [1.165, 1.54) is 67.2 Å². The van der Waals surface area contributed by atoms with Crippen molar-refractivity contribution < 1.29 is 14.2 Å². The fraction of sp³-hybridized carbons (Fsp3) is 0.481. The largest absolute Gasteiger partial charge is 0.493 e. The SMILES string of the molecule is C=CCCCCCCCCOc1ccc(-c2ccc3c(c2)OCO3)c2c1CCCC2. The molecule has 1 heterocycles. The van der Waals surface area contributed by atoms with Gasteiger partial charge in [-0.25, -0.2) is 0 Å². The minimum absolute atomic E-state index is 0.318. The first kappa shape index (κ1) is 20.8. The van der Waals surface area contributed by atoms with E-state index in [0.717, 1.165) is 49.5 Å². The van der Waals surface area contributed by atoms with Crippen LogP contribution in [-0.2, 0) is 12.8 Å². The monoisotopic (exact) mass is 406 g/mol. The molecule has 0 saturated carbocycles. The van der Waals surface area contributed by atoms with Crippen molar-refractivity contribution in [2.45, 2.75) is 70.6 Å². The first-order valence-electron chi connectivity index (χ1n) is 11.7. The van der Waals surface area contributed by atoms with Gasteiger partial charge in [-0.05, 0) is 85.4 Å². The third-order valence-corrected chi connectivity index (χ3v) is 6.24. The van der Waals surface area contributed by atoms with Crippen LogP contribution < -0.4 is 14.2 Å². The van der Waals surface area contributed by atoms with E-state index >= 15 is 0 Å². The van der Waals surface area contributed by atoms with Crippen molar-refractivity contribution in [1.82, 2.24) is 0 Å². The molecule has 4 rings (SSSR count). The number of hydrogen-bond donors (Lipinski definition) is 0. The highest BCUT2D eigenvalue weighted by atomic mass is 16.7. The van der Waals surface area contributed by atoms with Crippen molar-refractivity contribution in [3.8, 4) is 28.4 Å². The molecule has 160 valence electrons. The van der Waals surface area contributed by atoms with E-state index in [0.29, 0.717) is 6.79 Å². The van der Waals surface area contributed by atoms with Crippen LogP contribution in [-0.4, -0.2) is 13.4 Å². The highest BCUT2D eigenvalue weighted by Crippen LogP contribution is 2.41. The molecule has 2 aromatic rings. The third kappa shape index (κ3) is 5.00. The van der Waals surface area contributed by atoms with Crippen LogP contribution in [0.4, 0.5) is 0 Å². The zero-order valence-electron chi connectivity index (χ0n) is 18.1. The second kappa shape index (κ2) is 10.6. The van der Waals surface area contributed by atoms with E-state index in [1.807, 2.05) is 12.1 Å². The van der Waals surface area contributed by atoms with Gasteiger partial charge < -0.3 is 14.2 Å². The molecule has 0 unspecified atom stereocenters. The maximum atomic E-state index is 6.26.